The first kappa shape index (κ1) is 14.1. The van der Waals surface area contributed by atoms with Crippen molar-refractivity contribution < 1.29 is 4.79 Å². The van der Waals surface area contributed by atoms with Gasteiger partial charge >= 0.3 is 0 Å². The Balaban J connectivity index is 2.25. The van der Waals surface area contributed by atoms with E-state index in [2.05, 4.69) is 22.0 Å². The summed E-state index contributed by atoms with van der Waals surface area (Å²) in [5.41, 5.74) is 1.64. The summed E-state index contributed by atoms with van der Waals surface area (Å²) in [6.45, 7) is 2.11. The molecule has 3 nitrogen and oxygen atoms in total. The lowest BCUT2D eigenvalue weighted by atomic mass is 10.1. The number of carbonyl (C=O) groups is 1. The van der Waals surface area contributed by atoms with E-state index in [1.807, 2.05) is 25.1 Å². The standard InChI is InChI=1S/C15H17BrN2O/c1-11-10-12(16)6-7-14(11)15(19)18(9-8-17)13-4-2-3-5-13/h6-7,10,13H,2-5,9H2,1H3. The number of carbonyl (C=O) groups excluding carboxylic acids is 1. The monoisotopic (exact) mass is 320 g/mol. The second-order valence-electron chi connectivity index (χ2n) is 4.99. The van der Waals surface area contributed by atoms with E-state index in [0.29, 0.717) is 5.56 Å². The first-order valence-electron chi connectivity index (χ1n) is 6.57. The fourth-order valence-electron chi connectivity index (χ4n) is 2.68. The molecule has 1 aliphatic carbocycles. The fourth-order valence-corrected chi connectivity index (χ4v) is 3.16. The number of hydrogen-bond donors (Lipinski definition) is 0. The maximum absolute atomic E-state index is 12.6. The molecule has 0 radical (unpaired) electrons. The molecule has 1 aliphatic rings. The van der Waals surface area contributed by atoms with Crippen LogP contribution < -0.4 is 0 Å². The van der Waals surface area contributed by atoms with Crippen molar-refractivity contribution >= 4 is 21.8 Å². The zero-order chi connectivity index (χ0) is 13.8. The van der Waals surface area contributed by atoms with Crippen molar-refractivity contribution in [1.29, 1.82) is 5.26 Å². The third-order valence-corrected chi connectivity index (χ3v) is 4.18. The topological polar surface area (TPSA) is 44.1 Å². The summed E-state index contributed by atoms with van der Waals surface area (Å²) in [6, 6.07) is 8.00. The molecule has 0 saturated heterocycles. The number of nitriles is 1. The molecule has 0 unspecified atom stereocenters. The van der Waals surface area contributed by atoms with Crippen LogP contribution in [0, 0.1) is 18.3 Å². The normalized spacial score (nSPS) is 15.2. The van der Waals surface area contributed by atoms with E-state index in [9.17, 15) is 4.79 Å². The third-order valence-electron chi connectivity index (χ3n) is 3.69. The predicted octanol–water partition coefficient (Wildman–Crippen LogP) is 3.67. The van der Waals surface area contributed by atoms with E-state index in [1.165, 1.54) is 0 Å². The first-order valence-corrected chi connectivity index (χ1v) is 7.37. The molecule has 1 saturated carbocycles. The number of amides is 1. The summed E-state index contributed by atoms with van der Waals surface area (Å²) in [5, 5.41) is 8.95. The lowest BCUT2D eigenvalue weighted by Gasteiger charge is -2.27. The maximum atomic E-state index is 12.6. The van der Waals surface area contributed by atoms with E-state index in [-0.39, 0.29) is 18.5 Å². The molecule has 0 spiro atoms. The third kappa shape index (κ3) is 3.16. The van der Waals surface area contributed by atoms with Gasteiger partial charge in [-0.1, -0.05) is 28.8 Å². The molecule has 1 aromatic carbocycles. The van der Waals surface area contributed by atoms with Gasteiger partial charge in [0.25, 0.3) is 5.91 Å². The van der Waals surface area contributed by atoms with Crippen LogP contribution in [0.3, 0.4) is 0 Å². The SMILES string of the molecule is Cc1cc(Br)ccc1C(=O)N(CC#N)C1CCCC1. The lowest BCUT2D eigenvalue weighted by molar-refractivity contribution is 0.0708. The highest BCUT2D eigenvalue weighted by Crippen LogP contribution is 2.26. The van der Waals surface area contributed by atoms with Crippen LogP contribution in [-0.2, 0) is 0 Å². The molecule has 1 amide bonds. The zero-order valence-corrected chi connectivity index (χ0v) is 12.6. The smallest absolute Gasteiger partial charge is 0.255 e. The Morgan fingerprint density at radius 2 is 2.16 bits per heavy atom. The lowest BCUT2D eigenvalue weighted by Crippen LogP contribution is -2.39. The number of rotatable bonds is 3. The number of hydrogen-bond acceptors (Lipinski definition) is 2. The Morgan fingerprint density at radius 3 is 2.74 bits per heavy atom. The number of halogens is 1. The molecule has 0 atom stereocenters. The zero-order valence-electron chi connectivity index (χ0n) is 11.0. The average Bonchev–Trinajstić information content (AvgIpc) is 2.89. The molecule has 2 rings (SSSR count). The van der Waals surface area contributed by atoms with Gasteiger partial charge in [-0.25, -0.2) is 0 Å². The van der Waals surface area contributed by atoms with Gasteiger partial charge in [0.15, 0.2) is 0 Å². The van der Waals surface area contributed by atoms with Gasteiger partial charge in [-0.05, 0) is 43.5 Å². The van der Waals surface area contributed by atoms with E-state index in [1.54, 1.807) is 4.90 Å². The molecule has 0 heterocycles. The molecule has 0 aromatic heterocycles. The fraction of sp³-hybridized carbons (Fsp3) is 0.467. The molecule has 0 bridgehead atoms. The van der Waals surface area contributed by atoms with Crippen molar-refractivity contribution in [2.24, 2.45) is 0 Å². The number of aryl methyl sites for hydroxylation is 1. The summed E-state index contributed by atoms with van der Waals surface area (Å²) in [4.78, 5) is 14.4. The molecule has 0 N–H and O–H groups in total. The minimum absolute atomic E-state index is 0.0153. The maximum Gasteiger partial charge on any atom is 0.255 e. The van der Waals surface area contributed by atoms with Gasteiger partial charge in [-0.15, -0.1) is 0 Å². The highest BCUT2D eigenvalue weighted by molar-refractivity contribution is 9.10. The van der Waals surface area contributed by atoms with Crippen molar-refractivity contribution in [2.45, 2.75) is 38.6 Å². The van der Waals surface area contributed by atoms with Gasteiger partial charge in [0.1, 0.15) is 6.54 Å². The Bertz CT molecular complexity index is 515. The highest BCUT2D eigenvalue weighted by atomic mass is 79.9. The van der Waals surface area contributed by atoms with Crippen molar-refractivity contribution in [1.82, 2.24) is 4.90 Å². The van der Waals surface area contributed by atoms with Crippen LogP contribution in [0.5, 0.6) is 0 Å². The van der Waals surface area contributed by atoms with Crippen molar-refractivity contribution in [3.05, 3.63) is 33.8 Å². The summed E-state index contributed by atoms with van der Waals surface area (Å²) in [5.74, 6) is -0.0153. The van der Waals surface area contributed by atoms with E-state index in [0.717, 1.165) is 35.7 Å². The van der Waals surface area contributed by atoms with Gasteiger partial charge < -0.3 is 4.90 Å². The average molecular weight is 321 g/mol. The molecule has 0 aliphatic heterocycles. The Hall–Kier alpha value is -1.34. The molecular weight excluding hydrogens is 304 g/mol. The van der Waals surface area contributed by atoms with Crippen LogP contribution in [-0.4, -0.2) is 23.4 Å². The molecular formula is C15H17BrN2O. The molecule has 1 fully saturated rings. The molecule has 1 aromatic rings. The van der Waals surface area contributed by atoms with Crippen LogP contribution in [0.25, 0.3) is 0 Å². The summed E-state index contributed by atoms with van der Waals surface area (Å²) in [7, 11) is 0. The Kier molecular flexibility index (Phi) is 4.60. The van der Waals surface area contributed by atoms with Crippen LogP contribution >= 0.6 is 15.9 Å². The Labute approximate surface area is 122 Å². The number of nitrogens with zero attached hydrogens (tertiary/aromatic N) is 2. The van der Waals surface area contributed by atoms with Gasteiger partial charge in [0.05, 0.1) is 6.07 Å². The summed E-state index contributed by atoms with van der Waals surface area (Å²) >= 11 is 3.40. The van der Waals surface area contributed by atoms with Crippen LogP contribution in [0.2, 0.25) is 0 Å². The van der Waals surface area contributed by atoms with Crippen molar-refractivity contribution in [2.75, 3.05) is 6.54 Å². The quantitative estimate of drug-likeness (QED) is 0.797. The summed E-state index contributed by atoms with van der Waals surface area (Å²) in [6.07, 6.45) is 4.34. The second-order valence-corrected chi connectivity index (χ2v) is 5.90. The van der Waals surface area contributed by atoms with Gasteiger partial charge in [0, 0.05) is 16.1 Å². The van der Waals surface area contributed by atoms with Crippen LogP contribution in [0.1, 0.15) is 41.6 Å². The molecule has 19 heavy (non-hydrogen) atoms. The highest BCUT2D eigenvalue weighted by Gasteiger charge is 2.27. The largest absolute Gasteiger partial charge is 0.322 e. The minimum Gasteiger partial charge on any atom is -0.322 e. The van der Waals surface area contributed by atoms with E-state index in [4.69, 9.17) is 5.26 Å². The minimum atomic E-state index is -0.0153. The van der Waals surface area contributed by atoms with Crippen LogP contribution in [0.15, 0.2) is 22.7 Å². The molecule has 4 heteroatoms. The summed E-state index contributed by atoms with van der Waals surface area (Å²) < 4.78 is 0.967. The predicted molar refractivity (Wildman–Crippen MR) is 77.8 cm³/mol. The van der Waals surface area contributed by atoms with Crippen LogP contribution in [0.4, 0.5) is 0 Å². The van der Waals surface area contributed by atoms with E-state index >= 15 is 0 Å². The molecule has 100 valence electrons. The first-order chi connectivity index (χ1) is 9.13. The second kappa shape index (κ2) is 6.21. The van der Waals surface area contributed by atoms with Gasteiger partial charge in [-0.2, -0.15) is 5.26 Å². The van der Waals surface area contributed by atoms with Crippen molar-refractivity contribution in [3.63, 3.8) is 0 Å². The van der Waals surface area contributed by atoms with Gasteiger partial charge in [0.2, 0.25) is 0 Å². The van der Waals surface area contributed by atoms with E-state index < -0.39 is 0 Å². The number of benzene rings is 1. The van der Waals surface area contributed by atoms with Gasteiger partial charge in [-0.3, -0.25) is 4.79 Å². The van der Waals surface area contributed by atoms with Crippen molar-refractivity contribution in [3.8, 4) is 6.07 Å². The Morgan fingerprint density at radius 1 is 1.47 bits per heavy atom.